The summed E-state index contributed by atoms with van der Waals surface area (Å²) in [6, 6.07) is 6.59. The largest absolute Gasteiger partial charge is 0.487 e. The first-order valence-electron chi connectivity index (χ1n) is 4.54. The van der Waals surface area contributed by atoms with E-state index in [4.69, 9.17) is 4.74 Å². The summed E-state index contributed by atoms with van der Waals surface area (Å²) in [5, 5.41) is 0. The second kappa shape index (κ2) is 4.50. The van der Waals surface area contributed by atoms with Gasteiger partial charge in [-0.25, -0.2) is 9.37 Å². The fourth-order valence-corrected chi connectivity index (χ4v) is 1.12. The highest BCUT2D eigenvalue weighted by Gasteiger charge is 1.98. The molecule has 4 heteroatoms. The lowest BCUT2D eigenvalue weighted by Gasteiger charge is -2.03. The Balaban J connectivity index is 1.96. The van der Waals surface area contributed by atoms with E-state index in [1.54, 1.807) is 18.5 Å². The van der Waals surface area contributed by atoms with Gasteiger partial charge in [0.2, 0.25) is 0 Å². The van der Waals surface area contributed by atoms with Crippen molar-refractivity contribution in [3.63, 3.8) is 0 Å². The smallest absolute Gasteiger partial charge is 0.170 e. The second-order valence-corrected chi connectivity index (χ2v) is 2.99. The minimum atomic E-state index is -0.340. The minimum Gasteiger partial charge on any atom is -0.487 e. The molecule has 0 aliphatic rings. The van der Waals surface area contributed by atoms with Crippen LogP contribution in [-0.2, 0) is 6.61 Å². The van der Waals surface area contributed by atoms with Crippen molar-refractivity contribution in [3.8, 4) is 5.75 Å². The van der Waals surface area contributed by atoms with Gasteiger partial charge in [-0.2, -0.15) is 0 Å². The van der Waals surface area contributed by atoms with Gasteiger partial charge in [-0.15, -0.1) is 0 Å². The molecule has 2 aromatic rings. The van der Waals surface area contributed by atoms with E-state index < -0.39 is 0 Å². The third-order valence-corrected chi connectivity index (χ3v) is 1.86. The third kappa shape index (κ3) is 2.74. The van der Waals surface area contributed by atoms with E-state index in [1.807, 2.05) is 12.1 Å². The normalized spacial score (nSPS) is 9.93. The van der Waals surface area contributed by atoms with Crippen molar-refractivity contribution in [1.29, 1.82) is 0 Å². The van der Waals surface area contributed by atoms with E-state index in [0.29, 0.717) is 12.3 Å². The highest BCUT2D eigenvalue weighted by Crippen LogP contribution is 2.08. The van der Waals surface area contributed by atoms with Gasteiger partial charge < -0.3 is 4.74 Å². The van der Waals surface area contributed by atoms with E-state index in [1.165, 1.54) is 12.3 Å². The molecule has 0 bridgehead atoms. The van der Waals surface area contributed by atoms with Crippen molar-refractivity contribution in [2.24, 2.45) is 0 Å². The van der Waals surface area contributed by atoms with Gasteiger partial charge in [0.05, 0.1) is 11.9 Å². The van der Waals surface area contributed by atoms with Crippen LogP contribution >= 0.6 is 0 Å². The first kappa shape index (κ1) is 9.58. The Kier molecular flexibility index (Phi) is 2.88. The van der Waals surface area contributed by atoms with Gasteiger partial charge in [0.1, 0.15) is 18.2 Å². The molecular weight excluding hydrogens is 195 g/mol. The van der Waals surface area contributed by atoms with E-state index >= 15 is 0 Å². The molecule has 0 aliphatic carbocycles. The van der Waals surface area contributed by atoms with Crippen LogP contribution in [0.4, 0.5) is 4.39 Å². The number of halogens is 1. The fourth-order valence-electron chi connectivity index (χ4n) is 1.12. The molecule has 0 amide bonds. The summed E-state index contributed by atoms with van der Waals surface area (Å²) < 4.78 is 18.0. The average Bonchev–Trinajstić information content (AvgIpc) is 2.30. The lowest BCUT2D eigenvalue weighted by Crippen LogP contribution is -2.01. The van der Waals surface area contributed by atoms with Gasteiger partial charge in [-0.3, -0.25) is 4.98 Å². The lowest BCUT2D eigenvalue weighted by atomic mass is 10.3. The predicted octanol–water partition coefficient (Wildman–Crippen LogP) is 1.61. The van der Waals surface area contributed by atoms with E-state index in [9.17, 15) is 4.39 Å². The molecule has 2 heterocycles. The van der Waals surface area contributed by atoms with Crippen molar-refractivity contribution in [2.75, 3.05) is 0 Å². The fraction of sp³-hybridized carbons (Fsp3) is 0.0909. The van der Waals surface area contributed by atoms with Gasteiger partial charge in [0.25, 0.3) is 0 Å². The van der Waals surface area contributed by atoms with Gasteiger partial charge in [0.15, 0.2) is 12.4 Å². The minimum absolute atomic E-state index is 0.338. The molecule has 0 atom stereocenters. The quantitative estimate of drug-likeness (QED) is 0.763. The van der Waals surface area contributed by atoms with Gasteiger partial charge in [-0.05, 0) is 12.1 Å². The Hall–Kier alpha value is -1.97. The number of ether oxygens (including phenoxy) is 1. The first-order valence-corrected chi connectivity index (χ1v) is 4.54. The summed E-state index contributed by atoms with van der Waals surface area (Å²) in [6.45, 7) is 0.338. The number of aromatic amines is 1. The molecule has 2 aromatic heterocycles. The lowest BCUT2D eigenvalue weighted by molar-refractivity contribution is -0.378. The molecule has 0 saturated carbocycles. The standard InChI is InChI=1S/C11H9FN2O/c12-9-1-2-10(14-7-9)8-15-11-3-5-13-6-4-11/h1-7H,8H2/p+1. The molecule has 2 rings (SSSR count). The topological polar surface area (TPSA) is 36.3 Å². The molecule has 0 radical (unpaired) electrons. The molecule has 1 N–H and O–H groups in total. The molecule has 0 aliphatic heterocycles. The highest BCUT2D eigenvalue weighted by molar-refractivity contribution is 5.15. The molecule has 0 fully saturated rings. The van der Waals surface area contributed by atoms with E-state index in [2.05, 4.69) is 9.97 Å². The van der Waals surface area contributed by atoms with Gasteiger partial charge in [-0.1, -0.05) is 0 Å². The summed E-state index contributed by atoms with van der Waals surface area (Å²) in [4.78, 5) is 6.78. The highest BCUT2D eigenvalue weighted by atomic mass is 19.1. The molecule has 3 nitrogen and oxygen atoms in total. The van der Waals surface area contributed by atoms with E-state index in [0.717, 1.165) is 5.75 Å². The number of rotatable bonds is 3. The summed E-state index contributed by atoms with van der Waals surface area (Å²) in [7, 11) is 0. The predicted molar refractivity (Wildman–Crippen MR) is 51.5 cm³/mol. The number of pyridine rings is 2. The number of hydrogen-bond donors (Lipinski definition) is 0. The first-order chi connectivity index (χ1) is 7.34. The van der Waals surface area contributed by atoms with Crippen molar-refractivity contribution in [3.05, 3.63) is 54.4 Å². The Morgan fingerprint density at radius 2 is 2.00 bits per heavy atom. The van der Waals surface area contributed by atoms with E-state index in [-0.39, 0.29) is 5.82 Å². The molecule has 15 heavy (non-hydrogen) atoms. The number of aromatic nitrogens is 2. The summed E-state index contributed by atoms with van der Waals surface area (Å²) in [6.07, 6.45) is 4.72. The second-order valence-electron chi connectivity index (χ2n) is 2.99. The maximum Gasteiger partial charge on any atom is 0.170 e. The third-order valence-electron chi connectivity index (χ3n) is 1.86. The van der Waals surface area contributed by atoms with Crippen LogP contribution < -0.4 is 9.72 Å². The summed E-state index contributed by atoms with van der Waals surface area (Å²) >= 11 is 0. The molecule has 0 unspecified atom stereocenters. The Labute approximate surface area is 86.6 Å². The van der Waals surface area contributed by atoms with Crippen molar-refractivity contribution in [2.45, 2.75) is 6.61 Å². The molecular formula is C11H10FN2O+. The van der Waals surface area contributed by atoms with Crippen molar-refractivity contribution >= 4 is 0 Å². The summed E-state index contributed by atoms with van der Waals surface area (Å²) in [5.41, 5.74) is 0.698. The van der Waals surface area contributed by atoms with Crippen LogP contribution in [0.1, 0.15) is 5.69 Å². The number of hydrogen-bond acceptors (Lipinski definition) is 2. The molecule has 0 spiro atoms. The van der Waals surface area contributed by atoms with Crippen LogP contribution in [0.5, 0.6) is 5.75 Å². The Morgan fingerprint density at radius 3 is 2.67 bits per heavy atom. The number of H-pyrrole nitrogens is 1. The van der Waals surface area contributed by atoms with Crippen LogP contribution in [0.15, 0.2) is 42.9 Å². The average molecular weight is 205 g/mol. The molecule has 0 saturated heterocycles. The van der Waals surface area contributed by atoms with Crippen LogP contribution in [0.25, 0.3) is 0 Å². The van der Waals surface area contributed by atoms with Crippen molar-refractivity contribution in [1.82, 2.24) is 4.98 Å². The zero-order chi connectivity index (χ0) is 10.5. The molecule has 76 valence electrons. The van der Waals surface area contributed by atoms with Crippen LogP contribution in [-0.4, -0.2) is 4.98 Å². The van der Waals surface area contributed by atoms with Crippen LogP contribution in [0.2, 0.25) is 0 Å². The van der Waals surface area contributed by atoms with Crippen LogP contribution in [0.3, 0.4) is 0 Å². The molecule has 0 aromatic carbocycles. The maximum absolute atomic E-state index is 12.5. The van der Waals surface area contributed by atoms with Crippen LogP contribution in [0, 0.1) is 5.82 Å². The summed E-state index contributed by atoms with van der Waals surface area (Å²) in [5.74, 6) is 0.410. The number of nitrogens with one attached hydrogen (secondary N) is 1. The van der Waals surface area contributed by atoms with Gasteiger partial charge in [0, 0.05) is 12.1 Å². The Morgan fingerprint density at radius 1 is 1.20 bits per heavy atom. The van der Waals surface area contributed by atoms with Gasteiger partial charge >= 0.3 is 0 Å². The number of nitrogens with zero attached hydrogens (tertiary/aromatic N) is 1. The zero-order valence-electron chi connectivity index (χ0n) is 7.98. The maximum atomic E-state index is 12.5. The Bertz CT molecular complexity index is 416. The zero-order valence-corrected chi connectivity index (χ0v) is 7.98. The monoisotopic (exact) mass is 205 g/mol. The van der Waals surface area contributed by atoms with Crippen molar-refractivity contribution < 1.29 is 14.1 Å². The SMILES string of the molecule is Fc1ccc(COc2cc[nH+]cc2)nc1.